The minimum Gasteiger partial charge on any atom is -0.381 e. The number of aryl methyl sites for hydroxylation is 4. The van der Waals surface area contributed by atoms with E-state index in [1.54, 1.807) is 12.1 Å². The van der Waals surface area contributed by atoms with Gasteiger partial charge in [0.05, 0.1) is 23.8 Å². The number of benzene rings is 3. The fraction of sp³-hybridized carbons (Fsp3) is 0.422. The van der Waals surface area contributed by atoms with Gasteiger partial charge in [0.25, 0.3) is 5.91 Å². The Hall–Kier alpha value is -5.10. The van der Waals surface area contributed by atoms with Crippen molar-refractivity contribution in [1.82, 2.24) is 29.5 Å². The molecule has 296 valence electrons. The third kappa shape index (κ3) is 9.64. The molecule has 0 saturated carbocycles. The molecule has 3 aromatic carbocycles. The molecule has 0 aliphatic carbocycles. The Morgan fingerprint density at radius 2 is 1.66 bits per heavy atom. The number of ether oxygens (including phenoxy) is 1. The number of likely N-dealkylation sites (N-methyl/N-ethyl adjacent to an activating group) is 2. The van der Waals surface area contributed by atoms with Gasteiger partial charge in [0, 0.05) is 74.4 Å². The lowest BCUT2D eigenvalue weighted by atomic mass is 9.96. The number of nitrogens with one attached hydrogen (secondary N) is 1. The van der Waals surface area contributed by atoms with Gasteiger partial charge >= 0.3 is 0 Å². The molecule has 0 spiro atoms. The molecule has 1 aliphatic heterocycles. The largest absolute Gasteiger partial charge is 0.381 e. The summed E-state index contributed by atoms with van der Waals surface area (Å²) < 4.78 is 7.63. The summed E-state index contributed by atoms with van der Waals surface area (Å²) in [5.74, 6) is -0.757. The summed E-state index contributed by atoms with van der Waals surface area (Å²) in [6.45, 7) is 13.7. The van der Waals surface area contributed by atoms with Crippen LogP contribution in [0.4, 0.5) is 5.69 Å². The number of pyridine rings is 1. The summed E-state index contributed by atoms with van der Waals surface area (Å²) in [4.78, 5) is 38.8. The van der Waals surface area contributed by atoms with E-state index in [0.29, 0.717) is 50.4 Å². The predicted molar refractivity (Wildman–Crippen MR) is 225 cm³/mol. The molecule has 0 atom stereocenters. The third-order valence-corrected chi connectivity index (χ3v) is 10.7. The Balaban J connectivity index is 1.41. The van der Waals surface area contributed by atoms with Crippen molar-refractivity contribution in [1.29, 1.82) is 0 Å². The minimum absolute atomic E-state index is 0.190. The van der Waals surface area contributed by atoms with Crippen molar-refractivity contribution in [2.45, 2.75) is 79.2 Å². The van der Waals surface area contributed by atoms with Crippen LogP contribution in [-0.2, 0) is 37.3 Å². The van der Waals surface area contributed by atoms with Gasteiger partial charge in [0.15, 0.2) is 5.65 Å². The highest BCUT2D eigenvalue weighted by Crippen LogP contribution is 2.34. The molecule has 11 heteroatoms. The highest BCUT2D eigenvalue weighted by Gasteiger charge is 2.26. The van der Waals surface area contributed by atoms with Crippen LogP contribution in [0.3, 0.4) is 0 Å². The zero-order chi connectivity index (χ0) is 39.9. The molecule has 1 saturated heterocycles. The number of primary amides is 1. The van der Waals surface area contributed by atoms with E-state index in [2.05, 4.69) is 99.5 Å². The highest BCUT2D eigenvalue weighted by molar-refractivity contribution is 6.00. The maximum atomic E-state index is 14.9. The normalized spacial score (nSPS) is 13.5. The van der Waals surface area contributed by atoms with Gasteiger partial charge in [0.1, 0.15) is 0 Å². The second-order valence-electron chi connectivity index (χ2n) is 15.5. The van der Waals surface area contributed by atoms with Crippen LogP contribution in [-0.4, -0.2) is 94.8 Å². The van der Waals surface area contributed by atoms with Crippen LogP contribution in [0.2, 0.25) is 0 Å². The van der Waals surface area contributed by atoms with E-state index in [-0.39, 0.29) is 11.9 Å². The second kappa shape index (κ2) is 18.2. The second-order valence-corrected chi connectivity index (χ2v) is 15.5. The minimum atomic E-state index is -0.567. The molecule has 11 nitrogen and oxygen atoms in total. The number of rotatable bonds is 16. The van der Waals surface area contributed by atoms with Crippen molar-refractivity contribution in [3.63, 3.8) is 0 Å². The van der Waals surface area contributed by atoms with Crippen molar-refractivity contribution in [3.8, 4) is 11.1 Å². The smallest absolute Gasteiger partial charge is 0.254 e. The number of hydrogen-bond donors (Lipinski definition) is 2. The van der Waals surface area contributed by atoms with Gasteiger partial charge in [0.2, 0.25) is 5.91 Å². The number of carbonyl (C=O) groups excluding carboxylic acids is 2. The Morgan fingerprint density at radius 1 is 0.911 bits per heavy atom. The van der Waals surface area contributed by atoms with Gasteiger partial charge in [-0.2, -0.15) is 5.10 Å². The van der Waals surface area contributed by atoms with Crippen molar-refractivity contribution in [2.75, 3.05) is 52.8 Å². The third-order valence-electron chi connectivity index (χ3n) is 10.7. The molecule has 5 aromatic rings. The van der Waals surface area contributed by atoms with E-state index in [0.717, 1.165) is 88.3 Å². The zero-order valence-corrected chi connectivity index (χ0v) is 34.2. The number of fused-ring (bicyclic) bond motifs is 1. The fourth-order valence-corrected chi connectivity index (χ4v) is 7.60. The van der Waals surface area contributed by atoms with Gasteiger partial charge in [-0.15, -0.1) is 0 Å². The maximum absolute atomic E-state index is 14.9. The molecule has 1 aliphatic rings. The lowest BCUT2D eigenvalue weighted by Crippen LogP contribution is -2.33. The molecule has 56 heavy (non-hydrogen) atoms. The van der Waals surface area contributed by atoms with E-state index in [4.69, 9.17) is 20.6 Å². The molecule has 3 heterocycles. The average Bonchev–Trinajstić information content (AvgIpc) is 3.61. The topological polar surface area (TPSA) is 122 Å². The quantitative estimate of drug-likeness (QED) is 0.113. The molecular weight excluding hydrogens is 701 g/mol. The molecule has 1 fully saturated rings. The summed E-state index contributed by atoms with van der Waals surface area (Å²) in [5.41, 5.74) is 16.6. The van der Waals surface area contributed by atoms with Gasteiger partial charge in [-0.3, -0.25) is 9.59 Å². The summed E-state index contributed by atoms with van der Waals surface area (Å²) in [6.07, 6.45) is 4.33. The monoisotopic (exact) mass is 758 g/mol. The average molecular weight is 759 g/mol. The molecule has 0 radical (unpaired) electrons. The molecular formula is C45H58N8O3. The first-order valence-corrected chi connectivity index (χ1v) is 19.9. The number of aromatic nitrogens is 3. The molecule has 0 unspecified atom stereocenters. The predicted octanol–water partition coefficient (Wildman–Crippen LogP) is 6.82. The summed E-state index contributed by atoms with van der Waals surface area (Å²) in [5, 5.41) is 9.51. The highest BCUT2D eigenvalue weighted by atomic mass is 16.5. The van der Waals surface area contributed by atoms with Gasteiger partial charge in [-0.25, -0.2) is 9.67 Å². The Morgan fingerprint density at radius 3 is 2.38 bits per heavy atom. The molecule has 2 aromatic heterocycles. The standard InChI is InChI=1S/C45H58N8O3/c1-8-41-40(42(48-37-15-19-56-20-16-37)39-26-47-53(9-2)44(39)49-41)29-52(45(55)36-22-30(3)21-35(25-36)43(46)54)28-33-14-13-31(4)38(24-33)34-12-10-11-32(23-34)27-51(7)18-17-50(5)6/h10-14,21-26,37H,8-9,15-20,27-29H2,1-7H3,(H2,46,54)(H,48,49). The molecule has 2 amide bonds. The van der Waals surface area contributed by atoms with Crippen LogP contribution in [0, 0.1) is 13.8 Å². The number of carbonyl (C=O) groups is 2. The number of nitrogens with zero attached hydrogens (tertiary/aromatic N) is 6. The van der Waals surface area contributed by atoms with Gasteiger partial charge in [-0.05, 0) is 125 Å². The first-order valence-electron chi connectivity index (χ1n) is 19.9. The SMILES string of the molecule is CCc1nc2c(cnn2CC)c(NC2CCOCC2)c1CN(Cc1ccc(C)c(-c2cccc(CN(C)CCN(C)C)c2)c1)C(=O)c1cc(C)cc(C(N)=O)c1. The Bertz CT molecular complexity index is 2170. The summed E-state index contributed by atoms with van der Waals surface area (Å²) >= 11 is 0. The van der Waals surface area contributed by atoms with E-state index >= 15 is 0 Å². The van der Waals surface area contributed by atoms with E-state index in [9.17, 15) is 9.59 Å². The lowest BCUT2D eigenvalue weighted by Gasteiger charge is -2.29. The van der Waals surface area contributed by atoms with Gasteiger partial charge < -0.3 is 30.5 Å². The lowest BCUT2D eigenvalue weighted by molar-refractivity contribution is 0.0729. The van der Waals surface area contributed by atoms with Crippen molar-refractivity contribution in [3.05, 3.63) is 111 Å². The van der Waals surface area contributed by atoms with Crippen LogP contribution in [0.25, 0.3) is 22.2 Å². The Kier molecular flexibility index (Phi) is 13.2. The fourth-order valence-electron chi connectivity index (χ4n) is 7.60. The number of anilines is 1. The molecule has 6 rings (SSSR count). The van der Waals surface area contributed by atoms with Crippen LogP contribution in [0.1, 0.15) is 80.9 Å². The van der Waals surface area contributed by atoms with Gasteiger partial charge in [-0.1, -0.05) is 37.3 Å². The summed E-state index contributed by atoms with van der Waals surface area (Å²) in [7, 11) is 6.36. The maximum Gasteiger partial charge on any atom is 0.254 e. The van der Waals surface area contributed by atoms with E-state index < -0.39 is 5.91 Å². The van der Waals surface area contributed by atoms with Crippen molar-refractivity contribution < 1.29 is 14.3 Å². The first kappa shape index (κ1) is 40.6. The Labute approximate surface area is 331 Å². The van der Waals surface area contributed by atoms with E-state index in [1.165, 1.54) is 5.56 Å². The van der Waals surface area contributed by atoms with Crippen molar-refractivity contribution >= 4 is 28.5 Å². The van der Waals surface area contributed by atoms with Crippen LogP contribution in [0.5, 0.6) is 0 Å². The summed E-state index contributed by atoms with van der Waals surface area (Å²) in [6, 6.07) is 20.6. The van der Waals surface area contributed by atoms with E-state index in [1.807, 2.05) is 28.8 Å². The zero-order valence-electron chi connectivity index (χ0n) is 34.2. The van der Waals surface area contributed by atoms with Crippen LogP contribution in [0.15, 0.2) is 66.9 Å². The van der Waals surface area contributed by atoms with Crippen LogP contribution >= 0.6 is 0 Å². The van der Waals surface area contributed by atoms with Crippen LogP contribution < -0.4 is 11.1 Å². The number of amides is 2. The number of nitrogens with two attached hydrogens (primary N) is 1. The first-order chi connectivity index (χ1) is 26.9. The molecule has 3 N–H and O–H groups in total. The number of hydrogen-bond acceptors (Lipinski definition) is 8. The molecule has 0 bridgehead atoms. The van der Waals surface area contributed by atoms with Crippen molar-refractivity contribution in [2.24, 2.45) is 5.73 Å².